The normalized spacial score (nSPS) is 11.3. The molecule has 0 spiro atoms. The van der Waals surface area contributed by atoms with Crippen molar-refractivity contribution < 1.29 is 13.9 Å². The number of benzene rings is 2. The van der Waals surface area contributed by atoms with Crippen LogP contribution in [0.5, 0.6) is 5.75 Å². The number of rotatable bonds is 4. The van der Waals surface area contributed by atoms with Gasteiger partial charge in [0.15, 0.2) is 5.75 Å². The van der Waals surface area contributed by atoms with Gasteiger partial charge in [-0.05, 0) is 31.5 Å². The van der Waals surface area contributed by atoms with Gasteiger partial charge in [-0.2, -0.15) is 0 Å². The van der Waals surface area contributed by atoms with Crippen LogP contribution in [-0.4, -0.2) is 9.67 Å². The van der Waals surface area contributed by atoms with Crippen molar-refractivity contribution in [3.8, 4) is 17.0 Å². The predicted octanol–water partition coefficient (Wildman–Crippen LogP) is 5.20. The Labute approximate surface area is 175 Å². The summed E-state index contributed by atoms with van der Waals surface area (Å²) < 4.78 is 21.0. The number of aromatic hydroxyl groups is 1. The minimum atomic E-state index is -0.839. The van der Waals surface area contributed by atoms with Crippen LogP contribution in [0.25, 0.3) is 22.2 Å². The Bertz CT molecular complexity index is 1360. The molecule has 4 rings (SSSR count). The summed E-state index contributed by atoms with van der Waals surface area (Å²) in [6.07, 6.45) is 0. The Kier molecular flexibility index (Phi) is 5.22. The second-order valence-electron chi connectivity index (χ2n) is 7.00. The molecule has 152 valence electrons. The first-order chi connectivity index (χ1) is 14.4. The molecule has 0 saturated carbocycles. The van der Waals surface area contributed by atoms with Crippen molar-refractivity contribution in [1.29, 1.82) is 0 Å². The Morgan fingerprint density at radius 2 is 1.70 bits per heavy atom. The lowest BCUT2D eigenvalue weighted by molar-refractivity contribution is 0.444. The van der Waals surface area contributed by atoms with Crippen LogP contribution in [0.15, 0.2) is 84.5 Å². The molecule has 0 saturated heterocycles. The molecule has 4 aromatic rings. The lowest BCUT2D eigenvalue weighted by Crippen LogP contribution is -2.24. The van der Waals surface area contributed by atoms with Gasteiger partial charge in [0, 0.05) is 17.0 Å². The van der Waals surface area contributed by atoms with Gasteiger partial charge < -0.3 is 14.1 Å². The molecule has 0 radical (unpaired) electrons. The average molecular weight is 423 g/mol. The quantitative estimate of drug-likeness (QED) is 0.489. The number of pyridine rings is 1. The van der Waals surface area contributed by atoms with Crippen molar-refractivity contribution in [2.24, 2.45) is 0 Å². The fourth-order valence-corrected chi connectivity index (χ4v) is 4.18. The first-order valence-corrected chi connectivity index (χ1v) is 10.1. The second-order valence-corrected chi connectivity index (χ2v) is 8.06. The van der Waals surface area contributed by atoms with Crippen LogP contribution < -0.4 is 11.2 Å². The van der Waals surface area contributed by atoms with Crippen LogP contribution in [0.4, 0.5) is 4.39 Å². The predicted molar refractivity (Wildman–Crippen MR) is 115 cm³/mol. The van der Waals surface area contributed by atoms with E-state index in [2.05, 4.69) is 0 Å². The average Bonchev–Trinajstić information content (AvgIpc) is 2.72. The third-order valence-electron chi connectivity index (χ3n) is 4.68. The molecule has 0 fully saturated rings. The number of nitrogens with zero attached hydrogens (tertiary/aromatic N) is 1. The van der Waals surface area contributed by atoms with E-state index in [0.717, 1.165) is 17.3 Å². The molecule has 0 amide bonds. The minimum absolute atomic E-state index is 0.0175. The van der Waals surface area contributed by atoms with Crippen molar-refractivity contribution in [2.45, 2.75) is 29.7 Å². The fourth-order valence-electron chi connectivity index (χ4n) is 3.33. The maximum Gasteiger partial charge on any atom is 0.354 e. The van der Waals surface area contributed by atoms with Crippen molar-refractivity contribution in [3.63, 3.8) is 0 Å². The largest absolute Gasteiger partial charge is 0.505 e. The lowest BCUT2D eigenvalue weighted by Gasteiger charge is -2.18. The highest BCUT2D eigenvalue weighted by Gasteiger charge is 2.23. The molecule has 30 heavy (non-hydrogen) atoms. The molecule has 2 heterocycles. The molecule has 1 N–H and O–H groups in total. The van der Waals surface area contributed by atoms with E-state index < -0.39 is 22.8 Å². The summed E-state index contributed by atoms with van der Waals surface area (Å²) in [6.45, 7) is 3.70. The molecule has 2 aromatic carbocycles. The second kappa shape index (κ2) is 7.84. The maximum absolute atomic E-state index is 14.0. The first-order valence-electron chi connectivity index (χ1n) is 9.31. The number of hydrogen-bond acceptors (Lipinski definition) is 5. The summed E-state index contributed by atoms with van der Waals surface area (Å²) in [5, 5.41) is 10.7. The van der Waals surface area contributed by atoms with Crippen molar-refractivity contribution in [2.75, 3.05) is 0 Å². The highest BCUT2D eigenvalue weighted by atomic mass is 32.2. The van der Waals surface area contributed by atoms with Crippen LogP contribution in [0.2, 0.25) is 0 Å². The van der Waals surface area contributed by atoms with Crippen LogP contribution >= 0.6 is 11.8 Å². The number of hydrogen-bond donors (Lipinski definition) is 1. The van der Waals surface area contributed by atoms with Gasteiger partial charge in [-0.25, -0.2) is 9.18 Å². The minimum Gasteiger partial charge on any atom is -0.505 e. The number of aromatic nitrogens is 1. The van der Waals surface area contributed by atoms with Gasteiger partial charge in [-0.15, -0.1) is 0 Å². The summed E-state index contributed by atoms with van der Waals surface area (Å²) in [5.74, 6) is -1.05. The standard InChI is InChI=1S/C23H18FNO4S/c1-13(2)25-16(14-8-4-3-5-9-14)12-17-19(22(25)27)20(26)21(23(28)29-17)30-18-11-7-6-10-15(18)24/h3-13,26H,1-2H3. The van der Waals surface area contributed by atoms with Crippen molar-refractivity contribution in [3.05, 3.63) is 87.3 Å². The first kappa shape index (κ1) is 20.0. The van der Waals surface area contributed by atoms with Gasteiger partial charge in [0.2, 0.25) is 0 Å². The Balaban J connectivity index is 2.01. The third kappa shape index (κ3) is 3.41. The molecule has 0 aliphatic rings. The highest BCUT2D eigenvalue weighted by Crippen LogP contribution is 2.37. The van der Waals surface area contributed by atoms with E-state index in [9.17, 15) is 19.1 Å². The van der Waals surface area contributed by atoms with Crippen LogP contribution in [0, 0.1) is 5.82 Å². The zero-order valence-corrected chi connectivity index (χ0v) is 17.1. The molecule has 0 atom stereocenters. The number of halogens is 1. The summed E-state index contributed by atoms with van der Waals surface area (Å²) >= 11 is 0.726. The molecule has 5 nitrogen and oxygen atoms in total. The number of fused-ring (bicyclic) bond motifs is 1. The van der Waals surface area contributed by atoms with Crippen LogP contribution in [-0.2, 0) is 0 Å². The summed E-state index contributed by atoms with van der Waals surface area (Å²) in [6, 6.07) is 16.5. The molecule has 0 unspecified atom stereocenters. The van der Waals surface area contributed by atoms with Gasteiger partial charge in [-0.3, -0.25) is 4.79 Å². The van der Waals surface area contributed by atoms with Crippen LogP contribution in [0.1, 0.15) is 19.9 Å². The van der Waals surface area contributed by atoms with Gasteiger partial charge in [0.05, 0.1) is 5.69 Å². The zero-order chi connectivity index (χ0) is 21.4. The van der Waals surface area contributed by atoms with E-state index in [1.165, 1.54) is 22.8 Å². The Hall–Kier alpha value is -3.32. The van der Waals surface area contributed by atoms with E-state index in [-0.39, 0.29) is 26.8 Å². The monoisotopic (exact) mass is 423 g/mol. The van der Waals surface area contributed by atoms with Crippen LogP contribution in [0.3, 0.4) is 0 Å². The Morgan fingerprint density at radius 1 is 1.03 bits per heavy atom. The lowest BCUT2D eigenvalue weighted by atomic mass is 10.1. The molecule has 7 heteroatoms. The topological polar surface area (TPSA) is 72.4 Å². The van der Waals surface area contributed by atoms with Gasteiger partial charge in [-0.1, -0.05) is 54.2 Å². The molecule has 0 bridgehead atoms. The summed E-state index contributed by atoms with van der Waals surface area (Å²) in [7, 11) is 0. The smallest absolute Gasteiger partial charge is 0.354 e. The molecule has 0 aliphatic heterocycles. The van der Waals surface area contributed by atoms with E-state index in [1.807, 2.05) is 44.2 Å². The Morgan fingerprint density at radius 3 is 2.37 bits per heavy atom. The fraction of sp³-hybridized carbons (Fsp3) is 0.130. The van der Waals surface area contributed by atoms with E-state index in [1.54, 1.807) is 12.1 Å². The van der Waals surface area contributed by atoms with E-state index >= 15 is 0 Å². The van der Waals surface area contributed by atoms with E-state index in [0.29, 0.717) is 5.69 Å². The summed E-state index contributed by atoms with van der Waals surface area (Å²) in [4.78, 5) is 25.8. The molecule has 0 aliphatic carbocycles. The highest BCUT2D eigenvalue weighted by molar-refractivity contribution is 7.99. The van der Waals surface area contributed by atoms with Gasteiger partial charge in [0.25, 0.3) is 5.56 Å². The summed E-state index contributed by atoms with van der Waals surface area (Å²) in [5.41, 5.74) is 0.000360. The van der Waals surface area contributed by atoms with Gasteiger partial charge >= 0.3 is 5.63 Å². The van der Waals surface area contributed by atoms with Crippen molar-refractivity contribution in [1.82, 2.24) is 4.57 Å². The van der Waals surface area contributed by atoms with Crippen molar-refractivity contribution >= 4 is 22.7 Å². The zero-order valence-electron chi connectivity index (χ0n) is 16.3. The molecular weight excluding hydrogens is 405 g/mol. The molecule has 2 aromatic heterocycles. The maximum atomic E-state index is 14.0. The van der Waals surface area contributed by atoms with Gasteiger partial charge in [0.1, 0.15) is 21.7 Å². The molecular formula is C23H18FNO4S. The SMILES string of the molecule is CC(C)n1c(-c2ccccc2)cc2oc(=O)c(Sc3ccccc3F)c(O)c2c1=O. The third-order valence-corrected chi connectivity index (χ3v) is 5.80. The van der Waals surface area contributed by atoms with E-state index in [4.69, 9.17) is 4.42 Å².